The molecule has 2 aliphatic rings. The third kappa shape index (κ3) is 2.53. The van der Waals surface area contributed by atoms with Crippen LogP contribution in [0.5, 0.6) is 0 Å². The number of hydrogen-bond donors (Lipinski definition) is 1. The first kappa shape index (κ1) is 15.1. The molecule has 0 amide bonds. The van der Waals surface area contributed by atoms with Gasteiger partial charge in [0.25, 0.3) is 0 Å². The summed E-state index contributed by atoms with van der Waals surface area (Å²) in [6, 6.07) is 6.23. The van der Waals surface area contributed by atoms with Crippen LogP contribution in [0.2, 0.25) is 0 Å². The lowest BCUT2D eigenvalue weighted by Gasteiger charge is -2.30. The zero-order valence-electron chi connectivity index (χ0n) is 13.1. The Kier molecular flexibility index (Phi) is 3.70. The van der Waals surface area contributed by atoms with E-state index in [1.165, 1.54) is 18.6 Å². The molecule has 7 heteroatoms. The monoisotopic (exact) mass is 332 g/mol. The molecule has 24 heavy (non-hydrogen) atoms. The largest absolute Gasteiger partial charge is 0.366 e. The summed E-state index contributed by atoms with van der Waals surface area (Å²) < 4.78 is 28.7. The highest BCUT2D eigenvalue weighted by Gasteiger charge is 2.32. The number of anilines is 2. The molecule has 1 aromatic heterocycles. The van der Waals surface area contributed by atoms with Crippen LogP contribution in [0.15, 0.2) is 29.1 Å². The molecule has 1 atom stereocenters. The van der Waals surface area contributed by atoms with Crippen LogP contribution in [-0.4, -0.2) is 22.1 Å². The smallest absolute Gasteiger partial charge is 0.351 e. The van der Waals surface area contributed by atoms with Crippen molar-refractivity contribution in [2.45, 2.75) is 38.4 Å². The molecule has 0 radical (unpaired) electrons. The third-order valence-corrected chi connectivity index (χ3v) is 4.80. The quantitative estimate of drug-likeness (QED) is 0.938. The molecule has 1 N–H and O–H groups in total. The SMILES string of the molecule is O=c1nc(NCc2cccc(F)c2F)cc2n1CC1CCCCN21. The fourth-order valence-electron chi connectivity index (χ4n) is 3.57. The predicted molar refractivity (Wildman–Crippen MR) is 87.2 cm³/mol. The number of aromatic nitrogens is 2. The number of benzene rings is 1. The van der Waals surface area contributed by atoms with E-state index in [9.17, 15) is 13.6 Å². The molecule has 1 unspecified atom stereocenters. The minimum atomic E-state index is -0.882. The van der Waals surface area contributed by atoms with Gasteiger partial charge in [0.1, 0.15) is 11.6 Å². The van der Waals surface area contributed by atoms with E-state index in [2.05, 4.69) is 15.2 Å². The van der Waals surface area contributed by atoms with Crippen molar-refractivity contribution in [1.29, 1.82) is 0 Å². The summed E-state index contributed by atoms with van der Waals surface area (Å²) in [6.07, 6.45) is 3.38. The molecule has 5 nitrogen and oxygen atoms in total. The van der Waals surface area contributed by atoms with Crippen LogP contribution in [0.3, 0.4) is 0 Å². The summed E-state index contributed by atoms with van der Waals surface area (Å²) in [5.41, 5.74) is -0.0997. The Labute approximate surface area is 137 Å². The van der Waals surface area contributed by atoms with Crippen molar-refractivity contribution in [2.75, 3.05) is 16.8 Å². The van der Waals surface area contributed by atoms with Gasteiger partial charge in [0.05, 0.1) is 0 Å². The fourth-order valence-corrected chi connectivity index (χ4v) is 3.57. The first-order valence-electron chi connectivity index (χ1n) is 8.19. The van der Waals surface area contributed by atoms with Gasteiger partial charge in [-0.15, -0.1) is 0 Å². The van der Waals surface area contributed by atoms with Gasteiger partial charge in [-0.25, -0.2) is 13.6 Å². The van der Waals surface area contributed by atoms with Crippen molar-refractivity contribution in [2.24, 2.45) is 0 Å². The number of nitrogens with zero attached hydrogens (tertiary/aromatic N) is 3. The van der Waals surface area contributed by atoms with E-state index in [0.717, 1.165) is 31.3 Å². The van der Waals surface area contributed by atoms with Gasteiger partial charge in [0.15, 0.2) is 11.6 Å². The van der Waals surface area contributed by atoms with Gasteiger partial charge < -0.3 is 10.2 Å². The summed E-state index contributed by atoms with van der Waals surface area (Å²) in [7, 11) is 0. The van der Waals surface area contributed by atoms with Crippen LogP contribution >= 0.6 is 0 Å². The lowest BCUT2D eigenvalue weighted by atomic mass is 10.0. The number of halogens is 2. The third-order valence-electron chi connectivity index (χ3n) is 4.80. The standard InChI is InChI=1S/C17H18F2N4O/c18-13-6-3-4-11(16(13)19)9-20-14-8-15-22-7-2-1-5-12(22)10-23(15)17(24)21-14/h3-4,6,8,12H,1-2,5,7,9-10H2,(H,20,21,24). The molecule has 4 rings (SSSR count). The molecular formula is C17H18F2N4O. The molecule has 1 saturated heterocycles. The number of hydrogen-bond acceptors (Lipinski definition) is 4. The van der Waals surface area contributed by atoms with Crippen LogP contribution in [0.1, 0.15) is 24.8 Å². The van der Waals surface area contributed by atoms with Crippen molar-refractivity contribution in [3.05, 3.63) is 51.9 Å². The maximum absolute atomic E-state index is 13.7. The Bertz CT molecular complexity index is 836. The first-order chi connectivity index (χ1) is 11.6. The lowest BCUT2D eigenvalue weighted by Crippen LogP contribution is -2.36. The Morgan fingerprint density at radius 2 is 2.17 bits per heavy atom. The van der Waals surface area contributed by atoms with E-state index >= 15 is 0 Å². The maximum atomic E-state index is 13.7. The molecule has 1 fully saturated rings. The number of piperidine rings is 1. The second-order valence-corrected chi connectivity index (χ2v) is 6.30. The zero-order valence-corrected chi connectivity index (χ0v) is 13.1. The van der Waals surface area contributed by atoms with E-state index in [1.54, 1.807) is 4.57 Å². The second kappa shape index (κ2) is 5.89. The molecular weight excluding hydrogens is 314 g/mol. The second-order valence-electron chi connectivity index (χ2n) is 6.30. The minimum absolute atomic E-state index is 0.0723. The van der Waals surface area contributed by atoms with Crippen molar-refractivity contribution >= 4 is 11.6 Å². The highest BCUT2D eigenvalue weighted by atomic mass is 19.2. The summed E-state index contributed by atoms with van der Waals surface area (Å²) >= 11 is 0. The van der Waals surface area contributed by atoms with Crippen LogP contribution in [-0.2, 0) is 13.1 Å². The summed E-state index contributed by atoms with van der Waals surface area (Å²) in [5, 5.41) is 2.94. The Morgan fingerprint density at radius 3 is 3.04 bits per heavy atom. The maximum Gasteiger partial charge on any atom is 0.351 e. The lowest BCUT2D eigenvalue weighted by molar-refractivity contribution is 0.458. The Balaban J connectivity index is 1.58. The fraction of sp³-hybridized carbons (Fsp3) is 0.412. The minimum Gasteiger partial charge on any atom is -0.366 e. The molecule has 3 heterocycles. The summed E-state index contributed by atoms with van der Waals surface area (Å²) in [4.78, 5) is 18.5. The molecule has 0 bridgehead atoms. The Morgan fingerprint density at radius 1 is 1.29 bits per heavy atom. The van der Waals surface area contributed by atoms with Crippen LogP contribution in [0.4, 0.5) is 20.4 Å². The molecule has 2 aliphatic heterocycles. The molecule has 0 spiro atoms. The predicted octanol–water partition coefficient (Wildman–Crippen LogP) is 2.51. The molecule has 2 aromatic rings. The van der Waals surface area contributed by atoms with Gasteiger partial charge in [-0.2, -0.15) is 4.98 Å². The molecule has 0 aliphatic carbocycles. The van der Waals surface area contributed by atoms with Crippen molar-refractivity contribution in [3.63, 3.8) is 0 Å². The van der Waals surface area contributed by atoms with Gasteiger partial charge >= 0.3 is 5.69 Å². The Hall–Kier alpha value is -2.44. The number of nitrogens with one attached hydrogen (secondary N) is 1. The van der Waals surface area contributed by atoms with E-state index < -0.39 is 11.6 Å². The molecule has 1 aromatic carbocycles. The zero-order chi connectivity index (χ0) is 16.7. The first-order valence-corrected chi connectivity index (χ1v) is 8.19. The highest BCUT2D eigenvalue weighted by molar-refractivity contribution is 5.53. The van der Waals surface area contributed by atoms with Gasteiger partial charge in [-0.05, 0) is 25.3 Å². The number of rotatable bonds is 3. The summed E-state index contributed by atoms with van der Waals surface area (Å²) in [6.45, 7) is 1.69. The van der Waals surface area contributed by atoms with E-state index in [1.807, 2.05) is 6.07 Å². The summed E-state index contributed by atoms with van der Waals surface area (Å²) in [5.74, 6) is -0.505. The van der Waals surface area contributed by atoms with Gasteiger partial charge in [-0.1, -0.05) is 12.1 Å². The van der Waals surface area contributed by atoms with Crippen molar-refractivity contribution in [3.8, 4) is 0 Å². The average molecular weight is 332 g/mol. The highest BCUT2D eigenvalue weighted by Crippen LogP contribution is 2.31. The topological polar surface area (TPSA) is 50.2 Å². The normalized spacial score (nSPS) is 19.1. The van der Waals surface area contributed by atoms with Crippen molar-refractivity contribution < 1.29 is 8.78 Å². The van der Waals surface area contributed by atoms with Gasteiger partial charge in [0, 0.05) is 37.3 Å². The molecule has 126 valence electrons. The number of fused-ring (bicyclic) bond motifs is 3. The van der Waals surface area contributed by atoms with Gasteiger partial charge in [0.2, 0.25) is 0 Å². The van der Waals surface area contributed by atoms with E-state index in [-0.39, 0.29) is 17.8 Å². The van der Waals surface area contributed by atoms with Crippen LogP contribution in [0, 0.1) is 11.6 Å². The average Bonchev–Trinajstić information content (AvgIpc) is 2.96. The van der Waals surface area contributed by atoms with Crippen LogP contribution < -0.4 is 15.9 Å². The van der Waals surface area contributed by atoms with Crippen molar-refractivity contribution in [1.82, 2.24) is 9.55 Å². The van der Waals surface area contributed by atoms with E-state index in [0.29, 0.717) is 18.4 Å². The van der Waals surface area contributed by atoms with E-state index in [4.69, 9.17) is 0 Å². The van der Waals surface area contributed by atoms with Crippen LogP contribution in [0.25, 0.3) is 0 Å². The molecule has 0 saturated carbocycles. The van der Waals surface area contributed by atoms with Gasteiger partial charge in [-0.3, -0.25) is 4.57 Å².